The number of amides is 1. The van der Waals surface area contributed by atoms with Crippen LogP contribution < -0.4 is 10.9 Å². The summed E-state index contributed by atoms with van der Waals surface area (Å²) in [6, 6.07) is 1.69. The maximum absolute atomic E-state index is 12.0. The second kappa shape index (κ2) is 6.53. The maximum Gasteiger partial charge on any atom is 0.265 e. The van der Waals surface area contributed by atoms with Gasteiger partial charge in [0.2, 0.25) is 5.91 Å². The second-order valence-electron chi connectivity index (χ2n) is 4.84. The van der Waals surface area contributed by atoms with Crippen LogP contribution in [0.3, 0.4) is 0 Å². The fraction of sp³-hybridized carbons (Fsp3) is 0.286. The molecule has 2 heterocycles. The van der Waals surface area contributed by atoms with Crippen LogP contribution in [0.4, 0.5) is 5.13 Å². The lowest BCUT2D eigenvalue weighted by atomic mass is 10.3. The van der Waals surface area contributed by atoms with Crippen LogP contribution in [0.15, 0.2) is 21.5 Å². The lowest BCUT2D eigenvalue weighted by Crippen LogP contribution is -2.27. The van der Waals surface area contributed by atoms with Gasteiger partial charge in [0, 0.05) is 13.1 Å². The zero-order valence-corrected chi connectivity index (χ0v) is 14.7. The normalized spacial score (nSPS) is 10.5. The second-order valence-corrected chi connectivity index (χ2v) is 6.69. The third-order valence-corrected chi connectivity index (χ3v) is 4.60. The summed E-state index contributed by atoms with van der Waals surface area (Å²) < 4.78 is 1.73. The monoisotopic (exact) mass is 383 g/mol. The Morgan fingerprint density at radius 2 is 2.09 bits per heavy atom. The van der Waals surface area contributed by atoms with Crippen LogP contribution in [0, 0.1) is 13.8 Å². The summed E-state index contributed by atoms with van der Waals surface area (Å²) >= 11 is 4.30. The van der Waals surface area contributed by atoms with Crippen LogP contribution in [0.1, 0.15) is 27.9 Å². The highest BCUT2D eigenvalue weighted by Gasteiger charge is 2.14. The highest BCUT2D eigenvalue weighted by atomic mass is 79.9. The van der Waals surface area contributed by atoms with Gasteiger partial charge in [0.05, 0.1) is 15.0 Å². The minimum Gasteiger partial charge on any atom is -0.305 e. The van der Waals surface area contributed by atoms with Crippen molar-refractivity contribution in [3.05, 3.63) is 43.2 Å². The van der Waals surface area contributed by atoms with Crippen LogP contribution in [0.25, 0.3) is 0 Å². The highest BCUT2D eigenvalue weighted by molar-refractivity contribution is 9.10. The van der Waals surface area contributed by atoms with Crippen LogP contribution in [-0.2, 0) is 11.3 Å². The molecule has 2 aromatic heterocycles. The van der Waals surface area contributed by atoms with Gasteiger partial charge in [0.1, 0.15) is 6.54 Å². The minimum atomic E-state index is -0.372. The van der Waals surface area contributed by atoms with Gasteiger partial charge in [0.25, 0.3) is 5.56 Å². The molecule has 1 N–H and O–H groups in total. The van der Waals surface area contributed by atoms with E-state index in [0.717, 1.165) is 16.9 Å². The molecule has 0 bridgehead atoms. The number of thiazole rings is 1. The first-order valence-corrected chi connectivity index (χ1v) is 8.03. The lowest BCUT2D eigenvalue weighted by Gasteiger charge is -2.07. The van der Waals surface area contributed by atoms with Crippen molar-refractivity contribution < 1.29 is 9.59 Å². The summed E-state index contributed by atoms with van der Waals surface area (Å²) in [4.78, 5) is 40.0. The molecule has 0 saturated carbocycles. The summed E-state index contributed by atoms with van der Waals surface area (Å²) in [5.74, 6) is -0.460. The number of nitrogens with zero attached hydrogens (tertiary/aromatic N) is 2. The van der Waals surface area contributed by atoms with Crippen LogP contribution in [0.2, 0.25) is 0 Å². The van der Waals surface area contributed by atoms with E-state index in [4.69, 9.17) is 0 Å². The lowest BCUT2D eigenvalue weighted by molar-refractivity contribution is -0.116. The predicted octanol–water partition coefficient (Wildman–Crippen LogP) is 2.53. The molecule has 0 aliphatic carbocycles. The van der Waals surface area contributed by atoms with Gasteiger partial charge in [-0.25, -0.2) is 4.98 Å². The van der Waals surface area contributed by atoms with Crippen LogP contribution in [0.5, 0.6) is 0 Å². The Labute approximate surface area is 139 Å². The van der Waals surface area contributed by atoms with E-state index in [1.165, 1.54) is 11.5 Å². The molecule has 2 aromatic rings. The first-order chi connectivity index (χ1) is 10.3. The summed E-state index contributed by atoms with van der Waals surface area (Å²) in [5, 5.41) is 2.97. The van der Waals surface area contributed by atoms with Gasteiger partial charge in [-0.15, -0.1) is 0 Å². The molecule has 0 atom stereocenters. The van der Waals surface area contributed by atoms with Crippen molar-refractivity contribution in [2.24, 2.45) is 0 Å². The van der Waals surface area contributed by atoms with Crippen molar-refractivity contribution >= 4 is 44.1 Å². The molecule has 22 heavy (non-hydrogen) atoms. The smallest absolute Gasteiger partial charge is 0.265 e. The van der Waals surface area contributed by atoms with Crippen LogP contribution in [-0.4, -0.2) is 21.2 Å². The number of rotatable bonds is 4. The van der Waals surface area contributed by atoms with Gasteiger partial charge < -0.3 is 9.88 Å². The predicted molar refractivity (Wildman–Crippen MR) is 88.6 cm³/mol. The standard InChI is InChI=1S/C14H14BrN3O3S/c1-7-4-10(15)13(21)18(5-7)6-11(20)17-14-16-8(2)12(22-14)9(3)19/h4-5H,6H2,1-3H3,(H,16,17,20). The first kappa shape index (κ1) is 16.6. The van der Waals surface area contributed by atoms with E-state index in [1.807, 2.05) is 6.92 Å². The number of pyridine rings is 1. The van der Waals surface area contributed by atoms with Gasteiger partial charge in [-0.1, -0.05) is 11.3 Å². The Morgan fingerprint density at radius 3 is 2.68 bits per heavy atom. The molecule has 0 radical (unpaired) electrons. The molecule has 0 spiro atoms. The summed E-state index contributed by atoms with van der Waals surface area (Å²) in [5.41, 5.74) is 1.17. The molecule has 116 valence electrons. The average Bonchev–Trinajstić information content (AvgIpc) is 2.76. The number of aryl methyl sites for hydroxylation is 2. The van der Waals surface area contributed by atoms with E-state index in [0.29, 0.717) is 20.2 Å². The summed E-state index contributed by atoms with van der Waals surface area (Å²) in [6.07, 6.45) is 1.61. The number of hydrogen-bond donors (Lipinski definition) is 1. The molecule has 0 aliphatic heterocycles. The molecule has 0 unspecified atom stereocenters. The molecule has 0 aromatic carbocycles. The fourth-order valence-electron chi connectivity index (χ4n) is 1.95. The number of carbonyl (C=O) groups excluding carboxylic acids is 2. The van der Waals surface area contributed by atoms with Crippen molar-refractivity contribution in [2.75, 3.05) is 5.32 Å². The molecule has 1 amide bonds. The van der Waals surface area contributed by atoms with E-state index in [2.05, 4.69) is 26.2 Å². The van der Waals surface area contributed by atoms with E-state index in [-0.39, 0.29) is 23.8 Å². The number of ketones is 1. The quantitative estimate of drug-likeness (QED) is 0.822. The molecular formula is C14H14BrN3O3S. The zero-order chi connectivity index (χ0) is 16.4. The van der Waals surface area contributed by atoms with Crippen LogP contribution >= 0.6 is 27.3 Å². The molecule has 0 saturated heterocycles. The minimum absolute atomic E-state index is 0.0886. The van der Waals surface area contributed by atoms with Crippen molar-refractivity contribution in [3.8, 4) is 0 Å². The largest absolute Gasteiger partial charge is 0.305 e. The van der Waals surface area contributed by atoms with Crippen molar-refractivity contribution in [1.29, 1.82) is 0 Å². The molecule has 0 aliphatic rings. The third-order valence-electron chi connectivity index (χ3n) is 2.86. The maximum atomic E-state index is 12.0. The Hall–Kier alpha value is -1.80. The zero-order valence-electron chi connectivity index (χ0n) is 12.3. The van der Waals surface area contributed by atoms with Gasteiger partial charge in [0.15, 0.2) is 10.9 Å². The number of halogens is 1. The van der Waals surface area contributed by atoms with E-state index < -0.39 is 0 Å². The topological polar surface area (TPSA) is 81.1 Å². The van der Waals surface area contributed by atoms with Gasteiger partial charge in [-0.2, -0.15) is 0 Å². The average molecular weight is 384 g/mol. The Morgan fingerprint density at radius 1 is 1.41 bits per heavy atom. The van der Waals surface area contributed by atoms with E-state index >= 15 is 0 Å². The Kier molecular flexibility index (Phi) is 4.92. The van der Waals surface area contributed by atoms with Crippen molar-refractivity contribution in [1.82, 2.24) is 9.55 Å². The SMILES string of the molecule is CC(=O)c1sc(NC(=O)Cn2cc(C)cc(Br)c2=O)nc1C. The van der Waals surface area contributed by atoms with Crippen molar-refractivity contribution in [2.45, 2.75) is 27.3 Å². The fourth-order valence-corrected chi connectivity index (χ4v) is 3.41. The molecule has 0 fully saturated rings. The molecule has 2 rings (SSSR count). The molecular weight excluding hydrogens is 370 g/mol. The number of anilines is 1. The number of Topliss-reactive ketones (excluding diaryl/α,β-unsaturated/α-hetero) is 1. The van der Waals surface area contributed by atoms with E-state index in [1.54, 1.807) is 19.2 Å². The number of carbonyl (C=O) groups is 2. The first-order valence-electron chi connectivity index (χ1n) is 6.42. The highest BCUT2D eigenvalue weighted by Crippen LogP contribution is 2.22. The van der Waals surface area contributed by atoms with Gasteiger partial charge in [-0.3, -0.25) is 14.4 Å². The number of aromatic nitrogens is 2. The summed E-state index contributed by atoms with van der Waals surface area (Å²) in [7, 11) is 0. The Balaban J connectivity index is 2.16. The molecule has 8 heteroatoms. The third kappa shape index (κ3) is 3.69. The van der Waals surface area contributed by atoms with Gasteiger partial charge >= 0.3 is 0 Å². The van der Waals surface area contributed by atoms with Crippen molar-refractivity contribution in [3.63, 3.8) is 0 Å². The van der Waals surface area contributed by atoms with E-state index in [9.17, 15) is 14.4 Å². The Bertz CT molecular complexity index is 810. The van der Waals surface area contributed by atoms with Gasteiger partial charge in [-0.05, 0) is 41.4 Å². The number of hydrogen-bond acceptors (Lipinski definition) is 5. The molecule has 6 nitrogen and oxygen atoms in total. The summed E-state index contributed by atoms with van der Waals surface area (Å²) in [6.45, 7) is 4.88. The number of nitrogens with one attached hydrogen (secondary N) is 1.